The first-order valence-electron chi connectivity index (χ1n) is 6.42. The van der Waals surface area contributed by atoms with Crippen molar-refractivity contribution in [3.05, 3.63) is 84.8 Å². The Morgan fingerprint density at radius 3 is 2.37 bits per heavy atom. The molecule has 0 fully saturated rings. The minimum atomic E-state index is 0.998. The molecule has 0 aliphatic carbocycles. The van der Waals surface area contributed by atoms with Crippen LogP contribution >= 0.6 is 11.8 Å². The second-order valence-corrected chi connectivity index (χ2v) is 5.49. The van der Waals surface area contributed by atoms with Gasteiger partial charge < -0.3 is 0 Å². The summed E-state index contributed by atoms with van der Waals surface area (Å²) in [5, 5.41) is 2.64. The van der Waals surface area contributed by atoms with Gasteiger partial charge >= 0.3 is 0 Å². The van der Waals surface area contributed by atoms with Gasteiger partial charge in [0.15, 0.2) is 0 Å². The van der Waals surface area contributed by atoms with Gasteiger partial charge in [0.25, 0.3) is 0 Å². The minimum absolute atomic E-state index is 0.998. The number of hydrogen-bond acceptors (Lipinski definition) is 1. The molecule has 3 rings (SSSR count). The minimum Gasteiger partial charge on any atom is -0.126 e. The molecule has 0 N–H and O–H groups in total. The lowest BCUT2D eigenvalue weighted by Gasteiger charge is -2.06. The Labute approximate surface area is 118 Å². The largest absolute Gasteiger partial charge is 0.126 e. The van der Waals surface area contributed by atoms with Crippen LogP contribution in [-0.4, -0.2) is 5.75 Å². The summed E-state index contributed by atoms with van der Waals surface area (Å²) in [6.07, 6.45) is 2.31. The standard InChI is InChI=1S/C18H15S/c1-2-10-17(11-3-1)19-14-13-16-9-6-8-15-7-4-5-12-18(15)16/h1-13H,14H2. The Balaban J connectivity index is 1.72. The molecule has 0 heterocycles. The molecule has 3 aromatic carbocycles. The fourth-order valence-electron chi connectivity index (χ4n) is 2.17. The predicted molar refractivity (Wildman–Crippen MR) is 84.5 cm³/mol. The molecule has 3 aromatic rings. The van der Waals surface area contributed by atoms with Crippen molar-refractivity contribution in [3.63, 3.8) is 0 Å². The lowest BCUT2D eigenvalue weighted by atomic mass is 10.0. The van der Waals surface area contributed by atoms with Crippen molar-refractivity contribution in [2.24, 2.45) is 0 Å². The normalized spacial score (nSPS) is 10.7. The van der Waals surface area contributed by atoms with Crippen molar-refractivity contribution >= 4 is 22.5 Å². The van der Waals surface area contributed by atoms with Crippen LogP contribution in [0, 0.1) is 6.42 Å². The topological polar surface area (TPSA) is 0 Å². The van der Waals surface area contributed by atoms with E-state index in [1.165, 1.54) is 21.2 Å². The Morgan fingerprint density at radius 2 is 1.47 bits per heavy atom. The van der Waals surface area contributed by atoms with Crippen molar-refractivity contribution in [1.82, 2.24) is 0 Å². The maximum atomic E-state index is 2.31. The Hall–Kier alpha value is -1.73. The van der Waals surface area contributed by atoms with Crippen LogP contribution in [0.3, 0.4) is 0 Å². The fraction of sp³-hybridized carbons (Fsp3) is 0.0556. The zero-order valence-corrected chi connectivity index (χ0v) is 11.4. The summed E-state index contributed by atoms with van der Waals surface area (Å²) in [6.45, 7) is 0. The van der Waals surface area contributed by atoms with Crippen molar-refractivity contribution in [2.75, 3.05) is 5.75 Å². The van der Waals surface area contributed by atoms with E-state index in [0.29, 0.717) is 0 Å². The molecule has 0 bridgehead atoms. The van der Waals surface area contributed by atoms with Gasteiger partial charge in [0.1, 0.15) is 0 Å². The Kier molecular flexibility index (Phi) is 3.85. The lowest BCUT2D eigenvalue weighted by molar-refractivity contribution is 1.42. The van der Waals surface area contributed by atoms with Gasteiger partial charge in [-0.2, -0.15) is 0 Å². The third-order valence-electron chi connectivity index (χ3n) is 3.12. The summed E-state index contributed by atoms with van der Waals surface area (Å²) in [4.78, 5) is 1.32. The first-order valence-corrected chi connectivity index (χ1v) is 7.41. The second kappa shape index (κ2) is 5.94. The van der Waals surface area contributed by atoms with Gasteiger partial charge in [-0.3, -0.25) is 0 Å². The van der Waals surface area contributed by atoms with Gasteiger partial charge in [-0.05, 0) is 28.5 Å². The quantitative estimate of drug-likeness (QED) is 0.584. The first kappa shape index (κ1) is 12.3. The molecule has 0 aliphatic rings. The van der Waals surface area contributed by atoms with E-state index in [1.54, 1.807) is 0 Å². The van der Waals surface area contributed by atoms with Crippen LogP contribution in [0.5, 0.6) is 0 Å². The van der Waals surface area contributed by atoms with Crippen LogP contribution in [0.15, 0.2) is 77.7 Å². The monoisotopic (exact) mass is 263 g/mol. The average molecular weight is 263 g/mol. The first-order chi connectivity index (χ1) is 9.43. The summed E-state index contributed by atoms with van der Waals surface area (Å²) >= 11 is 1.87. The lowest BCUT2D eigenvalue weighted by Crippen LogP contribution is -1.87. The van der Waals surface area contributed by atoms with Crippen LogP contribution < -0.4 is 0 Å². The number of fused-ring (bicyclic) bond motifs is 1. The number of hydrogen-bond donors (Lipinski definition) is 0. The predicted octanol–water partition coefficient (Wildman–Crippen LogP) is 5.18. The van der Waals surface area contributed by atoms with Gasteiger partial charge in [-0.1, -0.05) is 60.7 Å². The van der Waals surface area contributed by atoms with Crippen LogP contribution in [0.2, 0.25) is 0 Å². The summed E-state index contributed by atoms with van der Waals surface area (Å²) < 4.78 is 0. The number of benzene rings is 3. The number of thioether (sulfide) groups is 1. The Morgan fingerprint density at radius 1 is 0.737 bits per heavy atom. The average Bonchev–Trinajstić information content (AvgIpc) is 2.49. The van der Waals surface area contributed by atoms with Gasteiger partial charge in [-0.25, -0.2) is 0 Å². The molecule has 0 amide bonds. The van der Waals surface area contributed by atoms with E-state index in [1.807, 2.05) is 11.8 Å². The van der Waals surface area contributed by atoms with Crippen LogP contribution in [0.1, 0.15) is 5.56 Å². The van der Waals surface area contributed by atoms with Gasteiger partial charge in [-0.15, -0.1) is 11.8 Å². The fourth-order valence-corrected chi connectivity index (χ4v) is 2.98. The molecule has 0 spiro atoms. The van der Waals surface area contributed by atoms with E-state index in [9.17, 15) is 0 Å². The SMILES string of the molecule is [CH](CSc1ccccc1)c1cccc2ccccc12. The van der Waals surface area contributed by atoms with Gasteiger partial charge in [0.2, 0.25) is 0 Å². The molecule has 93 valence electrons. The molecule has 1 heteroatoms. The van der Waals surface area contributed by atoms with Crippen molar-refractivity contribution in [3.8, 4) is 0 Å². The maximum absolute atomic E-state index is 2.31. The van der Waals surface area contributed by atoms with E-state index in [4.69, 9.17) is 0 Å². The number of rotatable bonds is 4. The molecule has 0 saturated carbocycles. The van der Waals surface area contributed by atoms with E-state index in [0.717, 1.165) is 5.75 Å². The van der Waals surface area contributed by atoms with Crippen LogP contribution in [0.4, 0.5) is 0 Å². The molecule has 0 saturated heterocycles. The van der Waals surface area contributed by atoms with E-state index >= 15 is 0 Å². The van der Waals surface area contributed by atoms with Gasteiger partial charge in [0, 0.05) is 17.1 Å². The van der Waals surface area contributed by atoms with Gasteiger partial charge in [0.05, 0.1) is 0 Å². The molecule has 0 unspecified atom stereocenters. The molecular weight excluding hydrogens is 248 g/mol. The second-order valence-electron chi connectivity index (χ2n) is 4.40. The summed E-state index contributed by atoms with van der Waals surface area (Å²) in [5.41, 5.74) is 1.32. The molecule has 0 nitrogen and oxygen atoms in total. The molecule has 1 radical (unpaired) electrons. The summed E-state index contributed by atoms with van der Waals surface area (Å²) in [6, 6.07) is 25.6. The third kappa shape index (κ3) is 2.99. The van der Waals surface area contributed by atoms with Crippen molar-refractivity contribution in [2.45, 2.75) is 4.90 Å². The molecule has 0 aromatic heterocycles. The zero-order chi connectivity index (χ0) is 12.9. The highest BCUT2D eigenvalue weighted by atomic mass is 32.2. The van der Waals surface area contributed by atoms with Crippen molar-refractivity contribution < 1.29 is 0 Å². The highest BCUT2D eigenvalue weighted by Crippen LogP contribution is 2.24. The molecule has 0 atom stereocenters. The zero-order valence-electron chi connectivity index (χ0n) is 10.6. The smallest absolute Gasteiger partial charge is 0.00721 e. The van der Waals surface area contributed by atoms with Crippen molar-refractivity contribution in [1.29, 1.82) is 0 Å². The maximum Gasteiger partial charge on any atom is 0.00721 e. The molecule has 0 aliphatic heterocycles. The highest BCUT2D eigenvalue weighted by Gasteiger charge is 2.01. The van der Waals surface area contributed by atoms with E-state index in [-0.39, 0.29) is 0 Å². The third-order valence-corrected chi connectivity index (χ3v) is 4.06. The summed E-state index contributed by atoms with van der Waals surface area (Å²) in [7, 11) is 0. The molecular formula is C18H15S. The van der Waals surface area contributed by atoms with E-state index in [2.05, 4.69) is 79.2 Å². The highest BCUT2D eigenvalue weighted by molar-refractivity contribution is 7.99. The molecule has 19 heavy (non-hydrogen) atoms. The van der Waals surface area contributed by atoms with Crippen LogP contribution in [0.25, 0.3) is 10.8 Å². The van der Waals surface area contributed by atoms with E-state index < -0.39 is 0 Å². The van der Waals surface area contributed by atoms with Crippen LogP contribution in [-0.2, 0) is 0 Å². The Bertz CT molecular complexity index is 653. The summed E-state index contributed by atoms with van der Waals surface area (Å²) in [5.74, 6) is 0.998.